The molecule has 0 aliphatic carbocycles. The van der Waals surface area contributed by atoms with Crippen molar-refractivity contribution in [2.45, 2.75) is 12.3 Å². The number of ether oxygens (including phenoxy) is 2. The zero-order valence-corrected chi connectivity index (χ0v) is 14.7. The number of hydrogen-bond acceptors (Lipinski definition) is 4. The van der Waals surface area contributed by atoms with E-state index in [-0.39, 0.29) is 12.5 Å². The van der Waals surface area contributed by atoms with E-state index in [9.17, 15) is 9.59 Å². The van der Waals surface area contributed by atoms with Crippen molar-refractivity contribution in [2.75, 3.05) is 26.8 Å². The van der Waals surface area contributed by atoms with Gasteiger partial charge in [0.2, 0.25) is 0 Å². The molecule has 0 spiro atoms. The van der Waals surface area contributed by atoms with Crippen LogP contribution in [0.3, 0.4) is 0 Å². The number of carbonyl (C=O) groups is 2. The summed E-state index contributed by atoms with van der Waals surface area (Å²) in [5.41, 5.74) is 6.88. The van der Waals surface area contributed by atoms with E-state index in [1.54, 1.807) is 18.2 Å². The molecule has 0 radical (unpaired) electrons. The van der Waals surface area contributed by atoms with Crippen molar-refractivity contribution in [3.05, 3.63) is 59.7 Å². The maximum absolute atomic E-state index is 12.8. The number of benzene rings is 2. The van der Waals surface area contributed by atoms with Crippen LogP contribution in [0.1, 0.15) is 28.3 Å². The number of amides is 2. The maximum Gasteiger partial charge on any atom is 0.255 e. The molecule has 6 nitrogen and oxygen atoms in total. The first-order chi connectivity index (χ1) is 12.6. The standard InChI is InChI=1S/C20H22N2O4/c1-25-18-11-15(7-8-17(18)26-13-19(21)23)20(24)22-10-9-16(12-22)14-5-3-2-4-6-14/h2-8,11,16H,9-10,12-13H2,1H3,(H2,21,23). The van der Waals surface area contributed by atoms with Gasteiger partial charge in [-0.25, -0.2) is 0 Å². The average molecular weight is 354 g/mol. The number of nitrogens with zero attached hydrogens (tertiary/aromatic N) is 1. The van der Waals surface area contributed by atoms with Crippen molar-refractivity contribution in [3.63, 3.8) is 0 Å². The fourth-order valence-electron chi connectivity index (χ4n) is 3.19. The highest BCUT2D eigenvalue weighted by molar-refractivity contribution is 5.95. The van der Waals surface area contributed by atoms with Gasteiger partial charge in [-0.15, -0.1) is 0 Å². The molecule has 1 fully saturated rings. The SMILES string of the molecule is COc1cc(C(=O)N2CCC(c3ccccc3)C2)ccc1OCC(N)=O. The fourth-order valence-corrected chi connectivity index (χ4v) is 3.19. The molecule has 1 atom stereocenters. The number of carbonyl (C=O) groups excluding carboxylic acids is 2. The molecule has 1 heterocycles. The summed E-state index contributed by atoms with van der Waals surface area (Å²) >= 11 is 0. The van der Waals surface area contributed by atoms with Crippen LogP contribution < -0.4 is 15.2 Å². The van der Waals surface area contributed by atoms with Crippen LogP contribution in [0.25, 0.3) is 0 Å². The molecule has 6 heteroatoms. The molecule has 2 amide bonds. The zero-order chi connectivity index (χ0) is 18.5. The molecule has 0 aromatic heterocycles. The van der Waals surface area contributed by atoms with Crippen LogP contribution in [0.4, 0.5) is 0 Å². The summed E-state index contributed by atoms with van der Waals surface area (Å²) in [6.45, 7) is 1.18. The minimum atomic E-state index is -0.573. The molecule has 1 unspecified atom stereocenters. The average Bonchev–Trinajstić information content (AvgIpc) is 3.16. The van der Waals surface area contributed by atoms with Crippen molar-refractivity contribution >= 4 is 11.8 Å². The van der Waals surface area contributed by atoms with E-state index in [4.69, 9.17) is 15.2 Å². The third-order valence-electron chi connectivity index (χ3n) is 4.53. The second-order valence-corrected chi connectivity index (χ2v) is 6.27. The second kappa shape index (κ2) is 7.91. The Balaban J connectivity index is 1.71. The molecule has 1 saturated heterocycles. The van der Waals surface area contributed by atoms with Crippen molar-refractivity contribution in [1.82, 2.24) is 4.90 Å². The van der Waals surface area contributed by atoms with Crippen LogP contribution in [-0.2, 0) is 4.79 Å². The summed E-state index contributed by atoms with van der Waals surface area (Å²) in [6.07, 6.45) is 0.951. The van der Waals surface area contributed by atoms with Crippen molar-refractivity contribution in [2.24, 2.45) is 5.73 Å². The van der Waals surface area contributed by atoms with E-state index in [0.29, 0.717) is 29.5 Å². The van der Waals surface area contributed by atoms with Gasteiger partial charge >= 0.3 is 0 Å². The predicted octanol–water partition coefficient (Wildman–Crippen LogP) is 2.19. The van der Waals surface area contributed by atoms with Crippen LogP contribution >= 0.6 is 0 Å². The lowest BCUT2D eigenvalue weighted by atomic mass is 9.99. The number of rotatable bonds is 6. The van der Waals surface area contributed by atoms with Crippen LogP contribution in [0.5, 0.6) is 11.5 Å². The molecule has 2 aromatic carbocycles. The topological polar surface area (TPSA) is 81.9 Å². The largest absolute Gasteiger partial charge is 0.493 e. The Morgan fingerprint density at radius 1 is 1.15 bits per heavy atom. The van der Waals surface area contributed by atoms with Gasteiger partial charge in [0.1, 0.15) is 0 Å². The molecule has 1 aliphatic rings. The molecule has 2 aromatic rings. The van der Waals surface area contributed by atoms with E-state index in [1.807, 2.05) is 23.1 Å². The number of methoxy groups -OCH3 is 1. The lowest BCUT2D eigenvalue weighted by Gasteiger charge is -2.18. The Kier molecular flexibility index (Phi) is 5.41. The highest BCUT2D eigenvalue weighted by Crippen LogP contribution is 2.31. The number of likely N-dealkylation sites (tertiary alicyclic amines) is 1. The molecular weight excluding hydrogens is 332 g/mol. The van der Waals surface area contributed by atoms with E-state index in [1.165, 1.54) is 12.7 Å². The third-order valence-corrected chi connectivity index (χ3v) is 4.53. The summed E-state index contributed by atoms with van der Waals surface area (Å²) in [6, 6.07) is 15.2. The van der Waals surface area contributed by atoms with Crippen molar-refractivity contribution in [3.8, 4) is 11.5 Å². The van der Waals surface area contributed by atoms with E-state index < -0.39 is 5.91 Å². The Hall–Kier alpha value is -3.02. The molecule has 2 N–H and O–H groups in total. The summed E-state index contributed by atoms with van der Waals surface area (Å²) in [5.74, 6) is 0.530. The highest BCUT2D eigenvalue weighted by Gasteiger charge is 2.28. The monoisotopic (exact) mass is 354 g/mol. The number of nitrogens with two attached hydrogens (primary N) is 1. The van der Waals surface area contributed by atoms with E-state index in [0.717, 1.165) is 13.0 Å². The first-order valence-corrected chi connectivity index (χ1v) is 8.52. The van der Waals surface area contributed by atoms with Gasteiger partial charge in [-0.1, -0.05) is 30.3 Å². The van der Waals surface area contributed by atoms with Gasteiger partial charge < -0.3 is 20.1 Å². The van der Waals surface area contributed by atoms with Gasteiger partial charge in [0.25, 0.3) is 11.8 Å². The summed E-state index contributed by atoms with van der Waals surface area (Å²) in [7, 11) is 1.49. The van der Waals surface area contributed by atoms with Gasteiger partial charge in [-0.05, 0) is 30.2 Å². The normalized spacial score (nSPS) is 16.3. The van der Waals surface area contributed by atoms with Crippen LogP contribution in [-0.4, -0.2) is 43.5 Å². The Morgan fingerprint density at radius 3 is 2.62 bits per heavy atom. The van der Waals surface area contributed by atoms with Crippen molar-refractivity contribution < 1.29 is 19.1 Å². The first kappa shape index (κ1) is 17.8. The molecule has 0 bridgehead atoms. The Labute approximate surface area is 152 Å². The molecular formula is C20H22N2O4. The first-order valence-electron chi connectivity index (χ1n) is 8.52. The predicted molar refractivity (Wildman–Crippen MR) is 97.4 cm³/mol. The van der Waals surface area contributed by atoms with Crippen LogP contribution in [0.15, 0.2) is 48.5 Å². The summed E-state index contributed by atoms with van der Waals surface area (Å²) in [4.78, 5) is 25.5. The van der Waals surface area contributed by atoms with Gasteiger partial charge in [-0.3, -0.25) is 9.59 Å². The van der Waals surface area contributed by atoms with Crippen LogP contribution in [0.2, 0.25) is 0 Å². The minimum Gasteiger partial charge on any atom is -0.493 e. The lowest BCUT2D eigenvalue weighted by Crippen LogP contribution is -2.28. The van der Waals surface area contributed by atoms with Crippen molar-refractivity contribution in [1.29, 1.82) is 0 Å². The van der Waals surface area contributed by atoms with Crippen LogP contribution in [0, 0.1) is 0 Å². The van der Waals surface area contributed by atoms with Gasteiger partial charge in [0.15, 0.2) is 18.1 Å². The third kappa shape index (κ3) is 3.96. The zero-order valence-electron chi connectivity index (χ0n) is 14.7. The molecule has 26 heavy (non-hydrogen) atoms. The maximum atomic E-state index is 12.8. The second-order valence-electron chi connectivity index (χ2n) is 6.27. The minimum absolute atomic E-state index is 0.0387. The fraction of sp³-hybridized carbons (Fsp3) is 0.300. The summed E-state index contributed by atoms with van der Waals surface area (Å²) < 4.78 is 10.6. The quantitative estimate of drug-likeness (QED) is 0.862. The van der Waals surface area contributed by atoms with E-state index in [2.05, 4.69) is 12.1 Å². The molecule has 1 aliphatic heterocycles. The number of hydrogen-bond donors (Lipinski definition) is 1. The molecule has 0 saturated carbocycles. The Bertz CT molecular complexity index is 792. The van der Waals surface area contributed by atoms with Gasteiger partial charge in [0, 0.05) is 24.6 Å². The Morgan fingerprint density at radius 2 is 1.92 bits per heavy atom. The number of primary amides is 1. The highest BCUT2D eigenvalue weighted by atomic mass is 16.5. The van der Waals surface area contributed by atoms with Gasteiger partial charge in [-0.2, -0.15) is 0 Å². The van der Waals surface area contributed by atoms with E-state index >= 15 is 0 Å². The van der Waals surface area contributed by atoms with Gasteiger partial charge in [0.05, 0.1) is 7.11 Å². The molecule has 136 valence electrons. The smallest absolute Gasteiger partial charge is 0.255 e. The lowest BCUT2D eigenvalue weighted by molar-refractivity contribution is -0.119. The molecule has 3 rings (SSSR count). The summed E-state index contributed by atoms with van der Waals surface area (Å²) in [5, 5.41) is 0.